The van der Waals surface area contributed by atoms with Crippen LogP contribution in [0.25, 0.3) is 0 Å². The zero-order chi connectivity index (χ0) is 16.7. The van der Waals surface area contributed by atoms with Gasteiger partial charge >= 0.3 is 6.03 Å². The van der Waals surface area contributed by atoms with Crippen molar-refractivity contribution in [2.45, 2.75) is 39.3 Å². The summed E-state index contributed by atoms with van der Waals surface area (Å²) in [5.41, 5.74) is 1.05. The summed E-state index contributed by atoms with van der Waals surface area (Å²) in [6, 6.07) is 7.97. The first-order valence-corrected chi connectivity index (χ1v) is 8.47. The van der Waals surface area contributed by atoms with Gasteiger partial charge in [-0.15, -0.1) is 0 Å². The largest absolute Gasteiger partial charge is 0.497 e. The molecule has 1 aromatic rings. The molecule has 128 valence electrons. The predicted molar refractivity (Wildman–Crippen MR) is 92.7 cm³/mol. The zero-order valence-corrected chi connectivity index (χ0v) is 14.5. The molecule has 0 spiro atoms. The minimum Gasteiger partial charge on any atom is -0.497 e. The minimum atomic E-state index is -0.113. The minimum absolute atomic E-state index is 0.113. The van der Waals surface area contributed by atoms with E-state index in [1.807, 2.05) is 24.3 Å². The van der Waals surface area contributed by atoms with Gasteiger partial charge in [-0.25, -0.2) is 4.79 Å². The molecule has 1 unspecified atom stereocenters. The second-order valence-electron chi connectivity index (χ2n) is 6.48. The number of piperidine rings is 1. The third kappa shape index (κ3) is 5.75. The number of urea groups is 1. The van der Waals surface area contributed by atoms with Crippen molar-refractivity contribution in [3.05, 3.63) is 29.8 Å². The second kappa shape index (κ2) is 8.77. The number of nitrogens with zero attached hydrogens (tertiary/aromatic N) is 1. The summed E-state index contributed by atoms with van der Waals surface area (Å²) in [5.74, 6) is 1.65. The van der Waals surface area contributed by atoms with E-state index in [1.54, 1.807) is 7.11 Å². The molecule has 1 aliphatic heterocycles. The van der Waals surface area contributed by atoms with Crippen molar-refractivity contribution >= 4 is 6.03 Å². The van der Waals surface area contributed by atoms with Gasteiger partial charge in [-0.1, -0.05) is 19.1 Å². The Bertz CT molecular complexity index is 482. The normalized spacial score (nSPS) is 17.5. The molecular formula is C18H29N3O2. The summed E-state index contributed by atoms with van der Waals surface area (Å²) < 4.78 is 5.12. The van der Waals surface area contributed by atoms with Crippen molar-refractivity contribution in [1.29, 1.82) is 0 Å². The number of carbonyl (C=O) groups is 1. The number of ether oxygens (including phenoxy) is 1. The van der Waals surface area contributed by atoms with Crippen LogP contribution >= 0.6 is 0 Å². The lowest BCUT2D eigenvalue weighted by Gasteiger charge is -2.34. The van der Waals surface area contributed by atoms with Crippen LogP contribution in [0.5, 0.6) is 5.75 Å². The number of methoxy groups -OCH3 is 1. The molecule has 0 bridgehead atoms. The third-order valence-electron chi connectivity index (χ3n) is 4.61. The zero-order valence-electron chi connectivity index (χ0n) is 14.5. The van der Waals surface area contributed by atoms with Crippen LogP contribution in [0, 0.1) is 5.92 Å². The molecule has 1 saturated heterocycles. The second-order valence-corrected chi connectivity index (χ2v) is 6.48. The Kier molecular flexibility index (Phi) is 6.71. The number of carbonyl (C=O) groups excluding carboxylic acids is 1. The summed E-state index contributed by atoms with van der Waals surface area (Å²) in [7, 11) is 1.64. The van der Waals surface area contributed by atoms with Gasteiger partial charge in [0.05, 0.1) is 7.11 Å². The Balaban J connectivity index is 1.66. The first-order valence-electron chi connectivity index (χ1n) is 8.47. The number of benzene rings is 1. The highest BCUT2D eigenvalue weighted by Gasteiger charge is 2.20. The highest BCUT2D eigenvalue weighted by Crippen LogP contribution is 2.17. The summed E-state index contributed by atoms with van der Waals surface area (Å²) in [4.78, 5) is 14.4. The third-order valence-corrected chi connectivity index (χ3v) is 4.61. The highest BCUT2D eigenvalue weighted by molar-refractivity contribution is 5.73. The molecule has 1 heterocycles. The van der Waals surface area contributed by atoms with Crippen molar-refractivity contribution in [2.75, 3.05) is 26.7 Å². The van der Waals surface area contributed by atoms with Crippen LogP contribution < -0.4 is 15.4 Å². The standard InChI is InChI=1S/C18H29N3O2/c1-14-8-10-21(11-9-14)15(2)12-19-18(22)20-13-16-4-6-17(23-3)7-5-16/h4-7,14-15H,8-13H2,1-3H3,(H2,19,20,22). The van der Waals surface area contributed by atoms with Crippen molar-refractivity contribution in [3.8, 4) is 5.75 Å². The Morgan fingerprint density at radius 1 is 1.26 bits per heavy atom. The fourth-order valence-corrected chi connectivity index (χ4v) is 2.83. The van der Waals surface area contributed by atoms with Gasteiger partial charge in [0.1, 0.15) is 5.75 Å². The Morgan fingerprint density at radius 2 is 1.91 bits per heavy atom. The van der Waals surface area contributed by atoms with E-state index in [4.69, 9.17) is 4.74 Å². The van der Waals surface area contributed by atoms with Gasteiger partial charge in [0.2, 0.25) is 0 Å². The summed E-state index contributed by atoms with van der Waals surface area (Å²) in [6.45, 7) is 7.97. The highest BCUT2D eigenvalue weighted by atomic mass is 16.5. The molecule has 2 rings (SSSR count). The lowest BCUT2D eigenvalue weighted by Crippen LogP contribution is -2.47. The van der Waals surface area contributed by atoms with Crippen molar-refractivity contribution in [1.82, 2.24) is 15.5 Å². The van der Waals surface area contributed by atoms with Crippen LogP contribution in [0.15, 0.2) is 24.3 Å². The van der Waals surface area contributed by atoms with Crippen molar-refractivity contribution < 1.29 is 9.53 Å². The number of amides is 2. The van der Waals surface area contributed by atoms with E-state index in [0.717, 1.165) is 30.3 Å². The molecule has 5 heteroatoms. The van der Waals surface area contributed by atoms with Gasteiger partial charge in [0.15, 0.2) is 0 Å². The monoisotopic (exact) mass is 319 g/mol. The summed E-state index contributed by atoms with van der Waals surface area (Å²) in [6.07, 6.45) is 2.52. The molecule has 0 aromatic heterocycles. The average Bonchev–Trinajstić information content (AvgIpc) is 2.59. The van der Waals surface area contributed by atoms with Crippen molar-refractivity contribution in [2.24, 2.45) is 5.92 Å². The molecule has 2 amide bonds. The van der Waals surface area contributed by atoms with Gasteiger partial charge < -0.3 is 15.4 Å². The molecule has 23 heavy (non-hydrogen) atoms. The molecular weight excluding hydrogens is 290 g/mol. The molecule has 0 radical (unpaired) electrons. The maximum absolute atomic E-state index is 11.9. The fourth-order valence-electron chi connectivity index (χ4n) is 2.83. The van der Waals surface area contributed by atoms with E-state index < -0.39 is 0 Å². The van der Waals surface area contributed by atoms with Gasteiger partial charge in [-0.2, -0.15) is 0 Å². The maximum Gasteiger partial charge on any atom is 0.315 e. The van der Waals surface area contributed by atoms with E-state index in [9.17, 15) is 4.79 Å². The molecule has 2 N–H and O–H groups in total. The van der Waals surface area contributed by atoms with Crippen LogP contribution in [0.3, 0.4) is 0 Å². The van der Waals surface area contributed by atoms with E-state index in [0.29, 0.717) is 19.1 Å². The molecule has 0 saturated carbocycles. The number of likely N-dealkylation sites (tertiary alicyclic amines) is 1. The summed E-state index contributed by atoms with van der Waals surface area (Å²) >= 11 is 0. The molecule has 5 nitrogen and oxygen atoms in total. The van der Waals surface area contributed by atoms with Gasteiger partial charge in [-0.3, -0.25) is 4.90 Å². The Labute approximate surface area is 139 Å². The SMILES string of the molecule is COc1ccc(CNC(=O)NCC(C)N2CCC(C)CC2)cc1. The first-order chi connectivity index (χ1) is 11.1. The number of hydrogen-bond donors (Lipinski definition) is 2. The number of hydrogen-bond acceptors (Lipinski definition) is 3. The number of rotatable bonds is 6. The van der Waals surface area contributed by atoms with Crippen molar-refractivity contribution in [3.63, 3.8) is 0 Å². The van der Waals surface area contributed by atoms with E-state index >= 15 is 0 Å². The Hall–Kier alpha value is -1.75. The maximum atomic E-state index is 11.9. The first kappa shape index (κ1) is 17.6. The molecule has 1 aromatic carbocycles. The smallest absolute Gasteiger partial charge is 0.315 e. The van der Waals surface area contributed by atoms with Crippen LogP contribution in [0.1, 0.15) is 32.3 Å². The van der Waals surface area contributed by atoms with Gasteiger partial charge in [-0.05, 0) is 56.5 Å². The van der Waals surface area contributed by atoms with Gasteiger partial charge in [0, 0.05) is 19.1 Å². The topological polar surface area (TPSA) is 53.6 Å². The fraction of sp³-hybridized carbons (Fsp3) is 0.611. The molecule has 1 aliphatic rings. The van der Waals surface area contributed by atoms with Crippen LogP contribution in [0.2, 0.25) is 0 Å². The quantitative estimate of drug-likeness (QED) is 0.847. The van der Waals surface area contributed by atoms with Crippen LogP contribution in [-0.2, 0) is 6.54 Å². The lowest BCUT2D eigenvalue weighted by atomic mass is 9.98. The van der Waals surface area contributed by atoms with Gasteiger partial charge in [0.25, 0.3) is 0 Å². The molecule has 0 aliphatic carbocycles. The van der Waals surface area contributed by atoms with E-state index in [-0.39, 0.29) is 6.03 Å². The Morgan fingerprint density at radius 3 is 2.52 bits per heavy atom. The average molecular weight is 319 g/mol. The van der Waals surface area contributed by atoms with E-state index in [1.165, 1.54) is 12.8 Å². The number of nitrogens with one attached hydrogen (secondary N) is 2. The predicted octanol–water partition coefficient (Wildman–Crippen LogP) is 2.61. The van der Waals surface area contributed by atoms with Crippen LogP contribution in [-0.4, -0.2) is 43.7 Å². The lowest BCUT2D eigenvalue weighted by molar-refractivity contribution is 0.145. The molecule has 1 atom stereocenters. The van der Waals surface area contributed by atoms with Crippen LogP contribution in [0.4, 0.5) is 4.79 Å². The van der Waals surface area contributed by atoms with E-state index in [2.05, 4.69) is 29.4 Å². The molecule has 1 fully saturated rings. The summed E-state index contributed by atoms with van der Waals surface area (Å²) in [5, 5.41) is 5.86.